The molecule has 5 heteroatoms. The average molecular weight is 445 g/mol. The highest BCUT2D eigenvalue weighted by Crippen LogP contribution is 2.24. The number of rotatable bonds is 6. The molecule has 3 N–H and O–H groups in total. The highest BCUT2D eigenvalue weighted by Gasteiger charge is 2.24. The molecule has 0 spiro atoms. The number of aliphatic imine (C=N–C) groups is 1. The number of aryl methyl sites for hydroxylation is 1. The van der Waals surface area contributed by atoms with Crippen molar-refractivity contribution in [3.05, 3.63) is 35.4 Å². The summed E-state index contributed by atoms with van der Waals surface area (Å²) >= 11 is 0. The second-order valence-electron chi connectivity index (χ2n) is 6.67. The summed E-state index contributed by atoms with van der Waals surface area (Å²) in [4.78, 5) is 4.72. The molecule has 3 atom stereocenters. The van der Waals surface area contributed by atoms with Crippen LogP contribution < -0.4 is 10.6 Å². The van der Waals surface area contributed by atoms with Gasteiger partial charge in [-0.15, -0.1) is 24.0 Å². The molecule has 1 aliphatic rings. The van der Waals surface area contributed by atoms with E-state index in [1.807, 2.05) is 0 Å². The normalized spacial score (nSPS) is 21.9. The first-order valence-corrected chi connectivity index (χ1v) is 8.87. The number of halogens is 1. The molecule has 0 heterocycles. The van der Waals surface area contributed by atoms with Crippen LogP contribution in [-0.4, -0.2) is 36.8 Å². The Labute approximate surface area is 163 Å². The van der Waals surface area contributed by atoms with Crippen molar-refractivity contribution >= 4 is 29.9 Å². The van der Waals surface area contributed by atoms with Crippen molar-refractivity contribution in [2.24, 2.45) is 10.9 Å². The van der Waals surface area contributed by atoms with Crippen LogP contribution in [0.4, 0.5) is 0 Å². The predicted octanol–water partition coefficient (Wildman–Crippen LogP) is 3.43. The lowest BCUT2D eigenvalue weighted by Gasteiger charge is -2.18. The Kier molecular flexibility index (Phi) is 9.66. The number of nitrogens with zero attached hydrogens (tertiary/aromatic N) is 1. The Morgan fingerprint density at radius 2 is 2.12 bits per heavy atom. The first-order chi connectivity index (χ1) is 11.1. The van der Waals surface area contributed by atoms with E-state index in [4.69, 9.17) is 4.99 Å². The molecule has 1 aliphatic carbocycles. The van der Waals surface area contributed by atoms with E-state index in [0.717, 1.165) is 44.9 Å². The second kappa shape index (κ2) is 10.9. The van der Waals surface area contributed by atoms with Gasteiger partial charge in [0.2, 0.25) is 0 Å². The van der Waals surface area contributed by atoms with Crippen molar-refractivity contribution in [3.8, 4) is 0 Å². The van der Waals surface area contributed by atoms with Gasteiger partial charge in [-0.25, -0.2) is 0 Å². The largest absolute Gasteiger partial charge is 0.393 e. The Hall–Kier alpha value is -0.820. The van der Waals surface area contributed by atoms with E-state index in [0.29, 0.717) is 11.8 Å². The smallest absolute Gasteiger partial charge is 0.191 e. The topological polar surface area (TPSA) is 56.7 Å². The van der Waals surface area contributed by atoms with Gasteiger partial charge in [-0.1, -0.05) is 43.2 Å². The fourth-order valence-electron chi connectivity index (χ4n) is 3.14. The van der Waals surface area contributed by atoms with Gasteiger partial charge in [-0.2, -0.15) is 0 Å². The van der Waals surface area contributed by atoms with E-state index < -0.39 is 0 Å². The molecule has 1 saturated carbocycles. The second-order valence-corrected chi connectivity index (χ2v) is 6.67. The van der Waals surface area contributed by atoms with Crippen molar-refractivity contribution in [3.63, 3.8) is 0 Å². The SMILES string of the molecule is CCNC(=NCC(C)c1cccc(C)c1)NCC1CCCC1O.I. The predicted molar refractivity (Wildman–Crippen MR) is 112 cm³/mol. The van der Waals surface area contributed by atoms with Gasteiger partial charge in [0.25, 0.3) is 0 Å². The summed E-state index contributed by atoms with van der Waals surface area (Å²) < 4.78 is 0. The van der Waals surface area contributed by atoms with Crippen LogP contribution in [0.25, 0.3) is 0 Å². The molecule has 0 aliphatic heterocycles. The summed E-state index contributed by atoms with van der Waals surface area (Å²) in [6.07, 6.45) is 3.01. The third-order valence-corrected chi connectivity index (χ3v) is 4.63. The number of aliphatic hydroxyl groups excluding tert-OH is 1. The van der Waals surface area contributed by atoms with Crippen molar-refractivity contribution in [1.82, 2.24) is 10.6 Å². The van der Waals surface area contributed by atoms with Gasteiger partial charge in [0, 0.05) is 31.5 Å². The summed E-state index contributed by atoms with van der Waals surface area (Å²) in [7, 11) is 0. The number of hydrogen-bond acceptors (Lipinski definition) is 2. The summed E-state index contributed by atoms with van der Waals surface area (Å²) in [5, 5.41) is 16.6. The Bertz CT molecular complexity index is 521. The van der Waals surface area contributed by atoms with Gasteiger partial charge in [-0.05, 0) is 32.3 Å². The molecule has 24 heavy (non-hydrogen) atoms. The number of benzene rings is 1. The van der Waals surface area contributed by atoms with Crippen molar-refractivity contribution in [1.29, 1.82) is 0 Å². The molecule has 0 aromatic heterocycles. The summed E-state index contributed by atoms with van der Waals surface area (Å²) in [5.74, 6) is 1.60. The molecule has 0 saturated heterocycles. The van der Waals surface area contributed by atoms with Gasteiger partial charge in [0.1, 0.15) is 0 Å². The van der Waals surface area contributed by atoms with E-state index in [1.54, 1.807) is 0 Å². The van der Waals surface area contributed by atoms with Crippen LogP contribution in [0.3, 0.4) is 0 Å². The molecule has 0 radical (unpaired) electrons. The zero-order valence-electron chi connectivity index (χ0n) is 15.1. The third-order valence-electron chi connectivity index (χ3n) is 4.63. The molecule has 4 nitrogen and oxygen atoms in total. The van der Waals surface area contributed by atoms with Crippen molar-refractivity contribution < 1.29 is 5.11 Å². The fraction of sp³-hybridized carbons (Fsp3) is 0.632. The van der Waals surface area contributed by atoms with Crippen LogP contribution in [0, 0.1) is 12.8 Å². The minimum Gasteiger partial charge on any atom is -0.393 e. The number of nitrogens with one attached hydrogen (secondary N) is 2. The third kappa shape index (κ3) is 6.59. The maximum atomic E-state index is 9.92. The molecular weight excluding hydrogens is 413 g/mol. The van der Waals surface area contributed by atoms with Gasteiger partial charge < -0.3 is 15.7 Å². The monoisotopic (exact) mass is 445 g/mol. The van der Waals surface area contributed by atoms with Crippen LogP contribution in [0.1, 0.15) is 50.2 Å². The van der Waals surface area contributed by atoms with Gasteiger partial charge >= 0.3 is 0 Å². The summed E-state index contributed by atoms with van der Waals surface area (Å²) in [5.41, 5.74) is 2.62. The maximum absolute atomic E-state index is 9.92. The number of aliphatic hydroxyl groups is 1. The lowest BCUT2D eigenvalue weighted by molar-refractivity contribution is 0.134. The van der Waals surface area contributed by atoms with Crippen LogP contribution >= 0.6 is 24.0 Å². The van der Waals surface area contributed by atoms with E-state index in [-0.39, 0.29) is 30.1 Å². The molecule has 2 rings (SSSR count). The summed E-state index contributed by atoms with van der Waals surface area (Å²) in [6, 6.07) is 8.63. The van der Waals surface area contributed by atoms with Crippen molar-refractivity contribution in [2.75, 3.05) is 19.6 Å². The van der Waals surface area contributed by atoms with E-state index in [1.165, 1.54) is 11.1 Å². The first-order valence-electron chi connectivity index (χ1n) is 8.87. The molecule has 1 aromatic rings. The fourth-order valence-corrected chi connectivity index (χ4v) is 3.14. The van der Waals surface area contributed by atoms with E-state index in [2.05, 4.69) is 55.7 Å². The standard InChI is InChI=1S/C19H31N3O.HI/c1-4-20-19(22-13-17-9-6-10-18(17)23)21-12-15(3)16-8-5-7-14(2)11-16;/h5,7-8,11,15,17-18,23H,4,6,9-10,12-13H2,1-3H3,(H2,20,21,22);1H. The molecule has 1 aromatic carbocycles. The van der Waals surface area contributed by atoms with Crippen LogP contribution in [0.5, 0.6) is 0 Å². The minimum atomic E-state index is -0.156. The van der Waals surface area contributed by atoms with Crippen LogP contribution in [-0.2, 0) is 0 Å². The van der Waals surface area contributed by atoms with Gasteiger partial charge in [-0.3, -0.25) is 4.99 Å². The Balaban J connectivity index is 0.00000288. The summed E-state index contributed by atoms with van der Waals surface area (Å²) in [6.45, 7) is 8.81. The zero-order chi connectivity index (χ0) is 16.7. The minimum absolute atomic E-state index is 0. The van der Waals surface area contributed by atoms with Crippen LogP contribution in [0.2, 0.25) is 0 Å². The lowest BCUT2D eigenvalue weighted by atomic mass is 10.00. The van der Waals surface area contributed by atoms with E-state index >= 15 is 0 Å². The number of guanidine groups is 1. The maximum Gasteiger partial charge on any atom is 0.191 e. The van der Waals surface area contributed by atoms with Crippen molar-refractivity contribution in [2.45, 2.75) is 52.1 Å². The highest BCUT2D eigenvalue weighted by molar-refractivity contribution is 14.0. The molecule has 136 valence electrons. The average Bonchev–Trinajstić information content (AvgIpc) is 2.95. The van der Waals surface area contributed by atoms with E-state index in [9.17, 15) is 5.11 Å². The van der Waals surface area contributed by atoms with Crippen LogP contribution in [0.15, 0.2) is 29.3 Å². The Morgan fingerprint density at radius 1 is 1.33 bits per heavy atom. The first kappa shape index (κ1) is 21.2. The highest BCUT2D eigenvalue weighted by atomic mass is 127. The molecular formula is C19H32IN3O. The molecule has 0 amide bonds. The lowest BCUT2D eigenvalue weighted by Crippen LogP contribution is -2.41. The number of hydrogen-bond donors (Lipinski definition) is 3. The quantitative estimate of drug-likeness (QED) is 0.357. The molecule has 0 bridgehead atoms. The molecule has 1 fully saturated rings. The molecule has 3 unspecified atom stereocenters. The Morgan fingerprint density at radius 3 is 2.75 bits per heavy atom. The van der Waals surface area contributed by atoms with Gasteiger partial charge in [0.05, 0.1) is 6.10 Å². The zero-order valence-corrected chi connectivity index (χ0v) is 17.4. The van der Waals surface area contributed by atoms with Gasteiger partial charge in [0.15, 0.2) is 5.96 Å².